The molecule has 1 amide bonds. The van der Waals surface area contributed by atoms with Crippen LogP contribution in [0.2, 0.25) is 0 Å². The Hall–Kier alpha value is -3.10. The summed E-state index contributed by atoms with van der Waals surface area (Å²) in [6.07, 6.45) is 6.29. The maximum Gasteiger partial charge on any atom is 0.255 e. The van der Waals surface area contributed by atoms with Gasteiger partial charge in [0, 0.05) is 37.6 Å². The number of aromatic nitrogens is 1. The molecule has 1 saturated heterocycles. The number of unbranched alkanes of at least 4 members (excludes halogenated alkanes) is 5. The van der Waals surface area contributed by atoms with Crippen LogP contribution in [-0.2, 0) is 10.0 Å². The van der Waals surface area contributed by atoms with E-state index in [1.807, 2.05) is 37.3 Å². The van der Waals surface area contributed by atoms with Crippen molar-refractivity contribution in [2.75, 3.05) is 39.0 Å². The SMILES string of the molecule is CCCCCCCCS(=O)(=O)N1CCN(C(=O)c2cc(-c3ccc(OC)cc3)n(-c3ccc(C)cc3)c2C)CC1. The normalized spacial score (nSPS) is 14.4. The van der Waals surface area contributed by atoms with Crippen molar-refractivity contribution in [3.05, 3.63) is 71.4 Å². The van der Waals surface area contributed by atoms with Crippen LogP contribution in [0.15, 0.2) is 54.6 Å². The molecular formula is C32H43N3O4S. The number of methoxy groups -OCH3 is 1. The molecule has 1 aliphatic heterocycles. The van der Waals surface area contributed by atoms with Crippen LogP contribution in [-0.4, -0.2) is 67.1 Å². The fourth-order valence-corrected chi connectivity index (χ4v) is 6.90. The largest absolute Gasteiger partial charge is 0.497 e. The highest BCUT2D eigenvalue weighted by molar-refractivity contribution is 7.89. The van der Waals surface area contributed by atoms with Crippen LogP contribution in [0.1, 0.15) is 67.1 Å². The number of carbonyl (C=O) groups is 1. The van der Waals surface area contributed by atoms with Crippen molar-refractivity contribution in [2.24, 2.45) is 0 Å². The summed E-state index contributed by atoms with van der Waals surface area (Å²) < 4.78 is 34.9. The Kier molecular flexibility index (Phi) is 10.1. The molecule has 0 N–H and O–H groups in total. The summed E-state index contributed by atoms with van der Waals surface area (Å²) in [5, 5.41) is 0. The second-order valence-corrected chi connectivity index (χ2v) is 12.8. The van der Waals surface area contributed by atoms with E-state index in [0.717, 1.165) is 41.2 Å². The third-order valence-electron chi connectivity index (χ3n) is 7.83. The van der Waals surface area contributed by atoms with Crippen molar-refractivity contribution in [1.82, 2.24) is 13.8 Å². The summed E-state index contributed by atoms with van der Waals surface area (Å²) in [6.45, 7) is 7.67. The van der Waals surface area contributed by atoms with Crippen LogP contribution < -0.4 is 4.74 Å². The van der Waals surface area contributed by atoms with E-state index in [1.54, 1.807) is 16.3 Å². The van der Waals surface area contributed by atoms with Crippen molar-refractivity contribution in [2.45, 2.75) is 59.3 Å². The maximum atomic E-state index is 13.8. The predicted molar refractivity (Wildman–Crippen MR) is 162 cm³/mol. The van der Waals surface area contributed by atoms with E-state index in [2.05, 4.69) is 42.7 Å². The molecule has 0 unspecified atom stereocenters. The molecule has 216 valence electrons. The average molecular weight is 566 g/mol. The fraction of sp³-hybridized carbons (Fsp3) is 0.469. The molecule has 0 spiro atoms. The number of hydrogen-bond acceptors (Lipinski definition) is 4. The summed E-state index contributed by atoms with van der Waals surface area (Å²) in [7, 11) is -1.66. The molecule has 0 aliphatic carbocycles. The molecule has 4 rings (SSSR count). The molecule has 8 heteroatoms. The molecular weight excluding hydrogens is 522 g/mol. The zero-order valence-corrected chi connectivity index (χ0v) is 25.2. The summed E-state index contributed by atoms with van der Waals surface area (Å²) in [5.74, 6) is 0.900. The Bertz CT molecular complexity index is 1370. The van der Waals surface area contributed by atoms with E-state index in [1.165, 1.54) is 24.8 Å². The number of rotatable bonds is 12. The molecule has 0 radical (unpaired) electrons. The Morgan fingerprint density at radius 2 is 1.48 bits per heavy atom. The molecule has 1 aliphatic rings. The lowest BCUT2D eigenvalue weighted by Gasteiger charge is -2.34. The Labute approximate surface area is 239 Å². The first kappa shape index (κ1) is 29.9. The van der Waals surface area contributed by atoms with Gasteiger partial charge in [0.2, 0.25) is 10.0 Å². The maximum absolute atomic E-state index is 13.8. The van der Waals surface area contributed by atoms with E-state index in [0.29, 0.717) is 38.2 Å². The minimum atomic E-state index is -3.30. The second kappa shape index (κ2) is 13.5. The highest BCUT2D eigenvalue weighted by atomic mass is 32.2. The van der Waals surface area contributed by atoms with Gasteiger partial charge in [-0.3, -0.25) is 4.79 Å². The van der Waals surface area contributed by atoms with E-state index >= 15 is 0 Å². The quantitative estimate of drug-likeness (QED) is 0.245. The number of piperazine rings is 1. The van der Waals surface area contributed by atoms with Crippen LogP contribution in [0.25, 0.3) is 16.9 Å². The summed E-state index contributed by atoms with van der Waals surface area (Å²) in [6, 6.07) is 18.1. The molecule has 7 nitrogen and oxygen atoms in total. The fourth-order valence-electron chi connectivity index (χ4n) is 5.36. The minimum absolute atomic E-state index is 0.0638. The van der Waals surface area contributed by atoms with Crippen LogP contribution in [0, 0.1) is 13.8 Å². The van der Waals surface area contributed by atoms with Crippen molar-refractivity contribution in [1.29, 1.82) is 0 Å². The van der Waals surface area contributed by atoms with Crippen molar-refractivity contribution in [3.8, 4) is 22.7 Å². The summed E-state index contributed by atoms with van der Waals surface area (Å²) in [5.41, 5.74) is 5.55. The average Bonchev–Trinajstić information content (AvgIpc) is 3.31. The topological polar surface area (TPSA) is 71.8 Å². The zero-order valence-electron chi connectivity index (χ0n) is 24.4. The Morgan fingerprint density at radius 1 is 0.850 bits per heavy atom. The molecule has 0 atom stereocenters. The van der Waals surface area contributed by atoms with Gasteiger partial charge in [0.05, 0.1) is 24.1 Å². The van der Waals surface area contributed by atoms with Gasteiger partial charge in [-0.05, 0) is 68.3 Å². The molecule has 2 heterocycles. The standard InChI is InChI=1S/C32H43N3O4S/c1-5-6-7-8-9-10-23-40(37,38)34-21-19-33(20-22-34)32(36)30-24-31(27-13-17-29(39-4)18-14-27)35(26(30)3)28-15-11-25(2)12-16-28/h11-18,24H,5-10,19-23H2,1-4H3. The molecule has 1 fully saturated rings. The Balaban J connectivity index is 1.50. The van der Waals surface area contributed by atoms with Crippen LogP contribution in [0.3, 0.4) is 0 Å². The lowest BCUT2D eigenvalue weighted by atomic mass is 10.1. The number of benzene rings is 2. The molecule has 0 bridgehead atoms. The predicted octanol–water partition coefficient (Wildman–Crippen LogP) is 6.22. The van der Waals surface area contributed by atoms with Gasteiger partial charge in [-0.1, -0.05) is 56.7 Å². The monoisotopic (exact) mass is 565 g/mol. The molecule has 40 heavy (non-hydrogen) atoms. The molecule has 1 aromatic heterocycles. The number of ether oxygens (including phenoxy) is 1. The minimum Gasteiger partial charge on any atom is -0.497 e. The van der Waals surface area contributed by atoms with Gasteiger partial charge in [0.25, 0.3) is 5.91 Å². The van der Waals surface area contributed by atoms with E-state index in [-0.39, 0.29) is 11.7 Å². The molecule has 0 saturated carbocycles. The van der Waals surface area contributed by atoms with Gasteiger partial charge in [0.15, 0.2) is 0 Å². The number of nitrogens with zero attached hydrogens (tertiary/aromatic N) is 3. The number of amides is 1. The van der Waals surface area contributed by atoms with Gasteiger partial charge < -0.3 is 14.2 Å². The van der Waals surface area contributed by atoms with Gasteiger partial charge in [-0.15, -0.1) is 0 Å². The number of hydrogen-bond donors (Lipinski definition) is 0. The first-order valence-electron chi connectivity index (χ1n) is 14.5. The van der Waals surface area contributed by atoms with Crippen molar-refractivity contribution < 1.29 is 17.9 Å². The highest BCUT2D eigenvalue weighted by Crippen LogP contribution is 2.32. The molecule has 2 aromatic carbocycles. The number of carbonyl (C=O) groups excluding carboxylic acids is 1. The first-order valence-corrected chi connectivity index (χ1v) is 16.1. The third kappa shape index (κ3) is 6.96. The van der Waals surface area contributed by atoms with Crippen LogP contribution in [0.4, 0.5) is 0 Å². The van der Waals surface area contributed by atoms with Crippen LogP contribution in [0.5, 0.6) is 5.75 Å². The zero-order chi connectivity index (χ0) is 28.7. The smallest absolute Gasteiger partial charge is 0.255 e. The second-order valence-electron chi connectivity index (χ2n) is 10.7. The van der Waals surface area contributed by atoms with Gasteiger partial charge in [0.1, 0.15) is 5.75 Å². The summed E-state index contributed by atoms with van der Waals surface area (Å²) in [4.78, 5) is 15.6. The number of aryl methyl sites for hydroxylation is 1. The van der Waals surface area contributed by atoms with Crippen molar-refractivity contribution >= 4 is 15.9 Å². The summed E-state index contributed by atoms with van der Waals surface area (Å²) >= 11 is 0. The lowest BCUT2D eigenvalue weighted by molar-refractivity contribution is 0.0697. The number of sulfonamides is 1. The van der Waals surface area contributed by atoms with E-state index in [9.17, 15) is 13.2 Å². The third-order valence-corrected chi connectivity index (χ3v) is 9.79. The van der Waals surface area contributed by atoms with Gasteiger partial charge >= 0.3 is 0 Å². The first-order chi connectivity index (χ1) is 19.2. The Morgan fingerprint density at radius 3 is 2.10 bits per heavy atom. The van der Waals surface area contributed by atoms with Gasteiger partial charge in [-0.25, -0.2) is 8.42 Å². The van der Waals surface area contributed by atoms with Crippen LogP contribution >= 0.6 is 0 Å². The van der Waals surface area contributed by atoms with E-state index < -0.39 is 10.0 Å². The van der Waals surface area contributed by atoms with E-state index in [4.69, 9.17) is 4.74 Å². The van der Waals surface area contributed by atoms with Crippen molar-refractivity contribution in [3.63, 3.8) is 0 Å². The lowest BCUT2D eigenvalue weighted by Crippen LogP contribution is -2.51. The highest BCUT2D eigenvalue weighted by Gasteiger charge is 2.30. The molecule has 3 aromatic rings. The van der Waals surface area contributed by atoms with Gasteiger partial charge in [-0.2, -0.15) is 4.31 Å².